The molecule has 0 saturated carbocycles. The van der Waals surface area contributed by atoms with Gasteiger partial charge in [-0.3, -0.25) is 4.79 Å². The number of halogens is 2. The third-order valence-corrected chi connectivity index (χ3v) is 6.10. The molecule has 8 heteroatoms. The molecule has 1 aromatic carbocycles. The SMILES string of the molecule is C=CC(=O)N1CCN(S(=O)(=O)c2c(Cl)cccc2Cl)CC1. The summed E-state index contributed by atoms with van der Waals surface area (Å²) in [5, 5.41) is 0.180. The summed E-state index contributed by atoms with van der Waals surface area (Å²) >= 11 is 11.9. The van der Waals surface area contributed by atoms with E-state index in [-0.39, 0.29) is 33.9 Å². The van der Waals surface area contributed by atoms with Crippen LogP contribution in [0.5, 0.6) is 0 Å². The van der Waals surface area contributed by atoms with E-state index in [4.69, 9.17) is 23.2 Å². The first kappa shape index (κ1) is 16.3. The van der Waals surface area contributed by atoms with Crippen molar-refractivity contribution in [3.05, 3.63) is 40.9 Å². The molecule has 114 valence electrons. The highest BCUT2D eigenvalue weighted by molar-refractivity contribution is 7.89. The largest absolute Gasteiger partial charge is 0.337 e. The molecule has 1 aliphatic rings. The first-order valence-electron chi connectivity index (χ1n) is 6.23. The smallest absolute Gasteiger partial charge is 0.246 e. The van der Waals surface area contributed by atoms with Gasteiger partial charge in [-0.1, -0.05) is 35.8 Å². The molecule has 2 rings (SSSR count). The number of carbonyl (C=O) groups is 1. The van der Waals surface area contributed by atoms with Crippen molar-refractivity contribution in [2.75, 3.05) is 26.2 Å². The van der Waals surface area contributed by atoms with E-state index in [0.29, 0.717) is 13.1 Å². The summed E-state index contributed by atoms with van der Waals surface area (Å²) < 4.78 is 26.5. The van der Waals surface area contributed by atoms with Crippen molar-refractivity contribution in [3.63, 3.8) is 0 Å². The highest BCUT2D eigenvalue weighted by Gasteiger charge is 2.32. The molecule has 0 aliphatic carbocycles. The summed E-state index contributed by atoms with van der Waals surface area (Å²) in [7, 11) is -3.77. The quantitative estimate of drug-likeness (QED) is 0.785. The van der Waals surface area contributed by atoms with E-state index in [2.05, 4.69) is 6.58 Å². The van der Waals surface area contributed by atoms with Gasteiger partial charge in [0.05, 0.1) is 10.0 Å². The number of sulfonamides is 1. The van der Waals surface area contributed by atoms with Gasteiger partial charge in [0.25, 0.3) is 0 Å². The van der Waals surface area contributed by atoms with E-state index in [1.807, 2.05) is 0 Å². The average Bonchev–Trinajstić information content (AvgIpc) is 2.46. The van der Waals surface area contributed by atoms with E-state index in [1.54, 1.807) is 11.0 Å². The van der Waals surface area contributed by atoms with Crippen LogP contribution < -0.4 is 0 Å². The van der Waals surface area contributed by atoms with E-state index >= 15 is 0 Å². The van der Waals surface area contributed by atoms with Gasteiger partial charge in [0.2, 0.25) is 15.9 Å². The van der Waals surface area contributed by atoms with Crippen molar-refractivity contribution >= 4 is 39.1 Å². The molecular formula is C13H14Cl2N2O3S. The molecule has 1 heterocycles. The predicted molar refractivity (Wildman–Crippen MR) is 82.0 cm³/mol. The number of amides is 1. The number of hydrogen-bond acceptors (Lipinski definition) is 3. The van der Waals surface area contributed by atoms with Crippen molar-refractivity contribution < 1.29 is 13.2 Å². The molecule has 0 unspecified atom stereocenters. The Balaban J connectivity index is 2.23. The Hall–Kier alpha value is -1.08. The van der Waals surface area contributed by atoms with Crippen LogP contribution in [-0.4, -0.2) is 49.7 Å². The second-order valence-corrected chi connectivity index (χ2v) is 7.17. The van der Waals surface area contributed by atoms with Crippen LogP contribution in [0.15, 0.2) is 35.7 Å². The van der Waals surface area contributed by atoms with E-state index in [1.165, 1.54) is 22.5 Å². The molecule has 1 aliphatic heterocycles. The maximum atomic E-state index is 12.6. The Morgan fingerprint density at radius 1 is 1.14 bits per heavy atom. The van der Waals surface area contributed by atoms with Gasteiger partial charge in [-0.15, -0.1) is 0 Å². The molecule has 0 spiro atoms. The highest BCUT2D eigenvalue weighted by Crippen LogP contribution is 2.31. The van der Waals surface area contributed by atoms with Gasteiger partial charge in [0.15, 0.2) is 0 Å². The molecule has 1 fully saturated rings. The Labute approximate surface area is 133 Å². The molecule has 1 saturated heterocycles. The third-order valence-electron chi connectivity index (χ3n) is 3.24. The lowest BCUT2D eigenvalue weighted by Crippen LogP contribution is -2.50. The third kappa shape index (κ3) is 3.23. The molecular weight excluding hydrogens is 335 g/mol. The zero-order valence-electron chi connectivity index (χ0n) is 11.1. The van der Waals surface area contributed by atoms with Crippen LogP contribution in [0.3, 0.4) is 0 Å². The summed E-state index contributed by atoms with van der Waals surface area (Å²) in [4.78, 5) is 13.0. The lowest BCUT2D eigenvalue weighted by molar-refractivity contribution is -0.127. The van der Waals surface area contributed by atoms with Crippen molar-refractivity contribution in [2.45, 2.75) is 4.90 Å². The molecule has 0 N–H and O–H groups in total. The van der Waals surface area contributed by atoms with Gasteiger partial charge in [0.1, 0.15) is 4.90 Å². The predicted octanol–water partition coefficient (Wildman–Crippen LogP) is 2.01. The van der Waals surface area contributed by atoms with Crippen LogP contribution >= 0.6 is 23.2 Å². The van der Waals surface area contributed by atoms with Crippen molar-refractivity contribution in [1.29, 1.82) is 0 Å². The molecule has 5 nitrogen and oxygen atoms in total. The number of carbonyl (C=O) groups excluding carboxylic acids is 1. The van der Waals surface area contributed by atoms with Gasteiger partial charge < -0.3 is 4.90 Å². The zero-order chi connectivity index (χ0) is 15.6. The molecule has 21 heavy (non-hydrogen) atoms. The monoisotopic (exact) mass is 348 g/mol. The van der Waals surface area contributed by atoms with Crippen LogP contribution in [0, 0.1) is 0 Å². The topological polar surface area (TPSA) is 57.7 Å². The van der Waals surface area contributed by atoms with Crippen LogP contribution in [0.2, 0.25) is 10.0 Å². The molecule has 0 bridgehead atoms. The maximum Gasteiger partial charge on any atom is 0.246 e. The summed E-state index contributed by atoms with van der Waals surface area (Å²) in [6.45, 7) is 4.44. The zero-order valence-corrected chi connectivity index (χ0v) is 13.5. The Bertz CT molecular complexity index is 648. The van der Waals surface area contributed by atoms with Crippen LogP contribution in [0.4, 0.5) is 0 Å². The van der Waals surface area contributed by atoms with Gasteiger partial charge in [0, 0.05) is 26.2 Å². The standard InChI is InChI=1S/C13H14Cl2N2O3S/c1-2-12(18)16-6-8-17(9-7-16)21(19,20)13-10(14)4-3-5-11(13)15/h2-5H,1,6-9H2. The van der Waals surface area contributed by atoms with E-state index in [0.717, 1.165) is 0 Å². The van der Waals surface area contributed by atoms with Crippen LogP contribution in [0.1, 0.15) is 0 Å². The Morgan fingerprint density at radius 2 is 1.67 bits per heavy atom. The molecule has 1 aromatic rings. The highest BCUT2D eigenvalue weighted by atomic mass is 35.5. The number of piperazine rings is 1. The molecule has 0 aromatic heterocycles. The summed E-state index contributed by atoms with van der Waals surface area (Å²) in [6.07, 6.45) is 1.22. The first-order chi connectivity index (χ1) is 9.87. The van der Waals surface area contributed by atoms with E-state index < -0.39 is 10.0 Å². The second kappa shape index (κ2) is 6.36. The van der Waals surface area contributed by atoms with Crippen molar-refractivity contribution in [3.8, 4) is 0 Å². The van der Waals surface area contributed by atoms with E-state index in [9.17, 15) is 13.2 Å². The molecule has 0 radical (unpaired) electrons. The second-order valence-electron chi connectivity index (χ2n) is 4.48. The summed E-state index contributed by atoms with van der Waals surface area (Å²) in [6, 6.07) is 4.56. The fourth-order valence-corrected chi connectivity index (χ4v) is 4.65. The van der Waals surface area contributed by atoms with Gasteiger partial charge in [-0.05, 0) is 18.2 Å². The van der Waals surface area contributed by atoms with Crippen LogP contribution in [-0.2, 0) is 14.8 Å². The van der Waals surface area contributed by atoms with Crippen molar-refractivity contribution in [2.24, 2.45) is 0 Å². The number of nitrogens with zero attached hydrogens (tertiary/aromatic N) is 2. The first-order valence-corrected chi connectivity index (χ1v) is 8.43. The number of hydrogen-bond donors (Lipinski definition) is 0. The van der Waals surface area contributed by atoms with Gasteiger partial charge >= 0.3 is 0 Å². The van der Waals surface area contributed by atoms with Gasteiger partial charge in [-0.2, -0.15) is 4.31 Å². The lowest BCUT2D eigenvalue weighted by Gasteiger charge is -2.33. The summed E-state index contributed by atoms with van der Waals surface area (Å²) in [5.41, 5.74) is 0. The minimum atomic E-state index is -3.77. The average molecular weight is 349 g/mol. The number of rotatable bonds is 3. The maximum absolute atomic E-state index is 12.6. The fraction of sp³-hybridized carbons (Fsp3) is 0.308. The minimum Gasteiger partial charge on any atom is -0.337 e. The minimum absolute atomic E-state index is 0.0863. The fourth-order valence-electron chi connectivity index (χ4n) is 2.14. The van der Waals surface area contributed by atoms with Crippen molar-refractivity contribution in [1.82, 2.24) is 9.21 Å². The number of benzene rings is 1. The Kier molecular flexibility index (Phi) is 4.93. The summed E-state index contributed by atoms with van der Waals surface area (Å²) in [5.74, 6) is -0.206. The molecule has 0 atom stereocenters. The Morgan fingerprint density at radius 3 is 2.14 bits per heavy atom. The lowest BCUT2D eigenvalue weighted by atomic mass is 10.3. The normalized spacial score (nSPS) is 16.8. The molecule has 1 amide bonds. The van der Waals surface area contributed by atoms with Crippen LogP contribution in [0.25, 0.3) is 0 Å². The van der Waals surface area contributed by atoms with Gasteiger partial charge in [-0.25, -0.2) is 8.42 Å².